The van der Waals surface area contributed by atoms with Crippen LogP contribution in [0.5, 0.6) is 5.75 Å². The highest BCUT2D eigenvalue weighted by atomic mass is 35.5. The average molecular weight is 288 g/mol. The van der Waals surface area contributed by atoms with Gasteiger partial charge in [-0.25, -0.2) is 4.98 Å². The summed E-state index contributed by atoms with van der Waals surface area (Å²) in [4.78, 5) is 4.63. The van der Waals surface area contributed by atoms with Crippen LogP contribution in [0.4, 0.5) is 5.69 Å². The van der Waals surface area contributed by atoms with E-state index in [4.69, 9.17) is 22.1 Å². The van der Waals surface area contributed by atoms with Crippen LogP contribution in [-0.4, -0.2) is 16.7 Å². The topological polar surface area (TPSA) is 53.1 Å². The van der Waals surface area contributed by atoms with Crippen molar-refractivity contribution in [3.8, 4) is 17.1 Å². The Hall–Kier alpha value is -2.20. The number of aryl methyl sites for hydroxylation is 1. The number of rotatable bonds is 2. The summed E-state index contributed by atoms with van der Waals surface area (Å²) in [6.45, 7) is 0. The number of nitrogens with zero attached hydrogens (tertiary/aromatic N) is 2. The van der Waals surface area contributed by atoms with E-state index in [1.165, 1.54) is 0 Å². The van der Waals surface area contributed by atoms with Gasteiger partial charge in [0.1, 0.15) is 11.6 Å². The monoisotopic (exact) mass is 287 g/mol. The molecule has 0 unspecified atom stereocenters. The summed E-state index contributed by atoms with van der Waals surface area (Å²) in [5.41, 5.74) is 9.26. The van der Waals surface area contributed by atoms with Gasteiger partial charge in [-0.05, 0) is 24.3 Å². The van der Waals surface area contributed by atoms with Crippen molar-refractivity contribution in [1.82, 2.24) is 9.55 Å². The first kappa shape index (κ1) is 12.8. The molecular formula is C15H14ClN3O. The lowest BCUT2D eigenvalue weighted by Gasteiger charge is -2.07. The quantitative estimate of drug-likeness (QED) is 0.734. The number of aromatic nitrogens is 2. The number of anilines is 1. The molecular weight excluding hydrogens is 274 g/mol. The Morgan fingerprint density at radius 1 is 1.25 bits per heavy atom. The lowest BCUT2D eigenvalue weighted by Crippen LogP contribution is -1.97. The molecule has 0 atom stereocenters. The first-order valence-corrected chi connectivity index (χ1v) is 6.54. The van der Waals surface area contributed by atoms with Gasteiger partial charge in [-0.3, -0.25) is 0 Å². The molecule has 0 radical (unpaired) electrons. The van der Waals surface area contributed by atoms with Crippen molar-refractivity contribution >= 4 is 28.3 Å². The average Bonchev–Trinajstić information content (AvgIpc) is 2.75. The number of hydrogen-bond donors (Lipinski definition) is 1. The Morgan fingerprint density at radius 3 is 2.75 bits per heavy atom. The van der Waals surface area contributed by atoms with Crippen molar-refractivity contribution in [2.75, 3.05) is 12.8 Å². The minimum atomic E-state index is 0.593. The Kier molecular flexibility index (Phi) is 3.03. The summed E-state index contributed by atoms with van der Waals surface area (Å²) in [5.74, 6) is 1.52. The molecule has 0 saturated carbocycles. The van der Waals surface area contributed by atoms with Gasteiger partial charge in [0, 0.05) is 18.8 Å². The lowest BCUT2D eigenvalue weighted by molar-refractivity contribution is 0.415. The molecule has 1 aromatic heterocycles. The van der Waals surface area contributed by atoms with E-state index < -0.39 is 0 Å². The standard InChI is InChI=1S/C15H14ClN3O/c1-19-13-7-6-9(20-2)8-12(13)18-15(19)14-10(16)4-3-5-11(14)17/h3-8H,17H2,1-2H3. The van der Waals surface area contributed by atoms with E-state index in [-0.39, 0.29) is 0 Å². The molecule has 0 spiro atoms. The fourth-order valence-corrected chi connectivity index (χ4v) is 2.57. The molecule has 0 fully saturated rings. The number of nitrogens with two attached hydrogens (primary N) is 1. The summed E-state index contributed by atoms with van der Waals surface area (Å²) in [7, 11) is 3.58. The number of hydrogen-bond acceptors (Lipinski definition) is 3. The number of methoxy groups -OCH3 is 1. The largest absolute Gasteiger partial charge is 0.497 e. The summed E-state index contributed by atoms with van der Waals surface area (Å²) in [5, 5.41) is 0.593. The highest BCUT2D eigenvalue weighted by molar-refractivity contribution is 6.33. The third-order valence-corrected chi connectivity index (χ3v) is 3.67. The minimum Gasteiger partial charge on any atom is -0.497 e. The molecule has 0 aliphatic heterocycles. The number of imidazole rings is 1. The Balaban J connectivity index is 2.29. The third-order valence-electron chi connectivity index (χ3n) is 3.36. The molecule has 5 heteroatoms. The van der Waals surface area contributed by atoms with Crippen molar-refractivity contribution in [1.29, 1.82) is 0 Å². The van der Waals surface area contributed by atoms with Crippen LogP contribution >= 0.6 is 11.6 Å². The van der Waals surface area contributed by atoms with E-state index in [1.807, 2.05) is 48.0 Å². The molecule has 0 bridgehead atoms. The molecule has 20 heavy (non-hydrogen) atoms. The van der Waals surface area contributed by atoms with Crippen LogP contribution in [0.2, 0.25) is 5.02 Å². The predicted octanol–water partition coefficient (Wildman–Crippen LogP) is 3.48. The van der Waals surface area contributed by atoms with E-state index >= 15 is 0 Å². The maximum atomic E-state index is 6.26. The zero-order valence-corrected chi connectivity index (χ0v) is 12.0. The summed E-state index contributed by atoms with van der Waals surface area (Å²) < 4.78 is 7.20. The molecule has 0 aliphatic rings. The van der Waals surface area contributed by atoms with E-state index in [1.54, 1.807) is 7.11 Å². The van der Waals surface area contributed by atoms with Crippen molar-refractivity contribution in [2.45, 2.75) is 0 Å². The molecule has 102 valence electrons. The number of benzene rings is 2. The van der Waals surface area contributed by atoms with Gasteiger partial charge in [-0.2, -0.15) is 0 Å². The van der Waals surface area contributed by atoms with Crippen LogP contribution in [0.1, 0.15) is 0 Å². The second-order valence-corrected chi connectivity index (χ2v) is 4.96. The second kappa shape index (κ2) is 4.72. The van der Waals surface area contributed by atoms with Crippen LogP contribution in [0.3, 0.4) is 0 Å². The van der Waals surface area contributed by atoms with Crippen LogP contribution < -0.4 is 10.5 Å². The van der Waals surface area contributed by atoms with Gasteiger partial charge in [-0.1, -0.05) is 17.7 Å². The minimum absolute atomic E-state index is 0.593. The normalized spacial score (nSPS) is 10.9. The fraction of sp³-hybridized carbons (Fsp3) is 0.133. The van der Waals surface area contributed by atoms with Gasteiger partial charge in [0.05, 0.1) is 28.7 Å². The van der Waals surface area contributed by atoms with Crippen molar-refractivity contribution in [3.05, 3.63) is 41.4 Å². The zero-order valence-electron chi connectivity index (χ0n) is 11.2. The predicted molar refractivity (Wildman–Crippen MR) is 82.1 cm³/mol. The molecule has 3 rings (SSSR count). The zero-order chi connectivity index (χ0) is 14.3. The summed E-state index contributed by atoms with van der Waals surface area (Å²) >= 11 is 6.26. The summed E-state index contributed by atoms with van der Waals surface area (Å²) in [6, 6.07) is 11.2. The van der Waals surface area contributed by atoms with Crippen LogP contribution in [-0.2, 0) is 7.05 Å². The number of nitrogen functional groups attached to an aromatic ring is 1. The highest BCUT2D eigenvalue weighted by Gasteiger charge is 2.15. The molecule has 0 aliphatic carbocycles. The second-order valence-electron chi connectivity index (χ2n) is 4.55. The molecule has 0 amide bonds. The van der Waals surface area contributed by atoms with E-state index in [0.29, 0.717) is 10.7 Å². The first-order valence-electron chi connectivity index (χ1n) is 6.16. The van der Waals surface area contributed by atoms with E-state index in [0.717, 1.165) is 28.2 Å². The van der Waals surface area contributed by atoms with Crippen molar-refractivity contribution in [2.24, 2.45) is 7.05 Å². The van der Waals surface area contributed by atoms with Crippen LogP contribution in [0, 0.1) is 0 Å². The highest BCUT2D eigenvalue weighted by Crippen LogP contribution is 2.34. The van der Waals surface area contributed by atoms with Gasteiger partial charge < -0.3 is 15.0 Å². The van der Waals surface area contributed by atoms with Crippen LogP contribution in [0.25, 0.3) is 22.4 Å². The van der Waals surface area contributed by atoms with Crippen molar-refractivity contribution < 1.29 is 4.74 Å². The third kappa shape index (κ3) is 1.89. The molecule has 3 aromatic rings. The maximum absolute atomic E-state index is 6.26. The van der Waals surface area contributed by atoms with E-state index in [9.17, 15) is 0 Å². The first-order chi connectivity index (χ1) is 9.61. The molecule has 2 aromatic carbocycles. The lowest BCUT2D eigenvalue weighted by atomic mass is 10.1. The molecule has 2 N–H and O–H groups in total. The summed E-state index contributed by atoms with van der Waals surface area (Å²) in [6.07, 6.45) is 0. The molecule has 0 saturated heterocycles. The van der Waals surface area contributed by atoms with Gasteiger partial charge >= 0.3 is 0 Å². The van der Waals surface area contributed by atoms with E-state index in [2.05, 4.69) is 4.98 Å². The van der Waals surface area contributed by atoms with Gasteiger partial charge in [0.15, 0.2) is 0 Å². The Morgan fingerprint density at radius 2 is 2.05 bits per heavy atom. The van der Waals surface area contributed by atoms with Gasteiger partial charge in [-0.15, -0.1) is 0 Å². The molecule has 4 nitrogen and oxygen atoms in total. The Labute approximate surface area is 121 Å². The number of ether oxygens (including phenoxy) is 1. The van der Waals surface area contributed by atoms with Crippen LogP contribution in [0.15, 0.2) is 36.4 Å². The maximum Gasteiger partial charge on any atom is 0.144 e. The van der Waals surface area contributed by atoms with Gasteiger partial charge in [0.2, 0.25) is 0 Å². The fourth-order valence-electron chi connectivity index (χ4n) is 2.31. The number of fused-ring (bicyclic) bond motifs is 1. The van der Waals surface area contributed by atoms with Gasteiger partial charge in [0.25, 0.3) is 0 Å². The SMILES string of the molecule is COc1ccc2c(c1)nc(-c1c(N)cccc1Cl)n2C. The Bertz CT molecular complexity index is 775. The number of halogens is 1. The van der Waals surface area contributed by atoms with Crippen molar-refractivity contribution in [3.63, 3.8) is 0 Å². The smallest absolute Gasteiger partial charge is 0.144 e. The molecule has 1 heterocycles.